The van der Waals surface area contributed by atoms with Gasteiger partial charge in [-0.2, -0.15) is 0 Å². The molecule has 14 heavy (non-hydrogen) atoms. The fourth-order valence-corrected chi connectivity index (χ4v) is 2.14. The lowest BCUT2D eigenvalue weighted by Crippen LogP contribution is -1.93. The van der Waals surface area contributed by atoms with Crippen molar-refractivity contribution in [2.45, 2.75) is 19.8 Å². The van der Waals surface area contributed by atoms with Gasteiger partial charge in [0.2, 0.25) is 0 Å². The summed E-state index contributed by atoms with van der Waals surface area (Å²) in [5, 5.41) is 0. The van der Waals surface area contributed by atoms with Crippen LogP contribution in [-0.2, 0) is 11.2 Å². The number of ketones is 1. The Labute approximate surface area is 92.0 Å². The molecular formula is C12H11BrO. The van der Waals surface area contributed by atoms with Gasteiger partial charge in [-0.1, -0.05) is 22.0 Å². The van der Waals surface area contributed by atoms with Crippen LogP contribution < -0.4 is 0 Å². The van der Waals surface area contributed by atoms with Crippen molar-refractivity contribution in [1.82, 2.24) is 0 Å². The highest BCUT2D eigenvalue weighted by Crippen LogP contribution is 2.26. The van der Waals surface area contributed by atoms with E-state index in [-0.39, 0.29) is 5.78 Å². The van der Waals surface area contributed by atoms with Gasteiger partial charge in [0.25, 0.3) is 0 Å². The first-order valence-electron chi connectivity index (χ1n) is 4.67. The Morgan fingerprint density at radius 1 is 1.29 bits per heavy atom. The number of carbonyl (C=O) groups excluding carboxylic acids is 1. The Bertz CT molecular complexity index is 418. The van der Waals surface area contributed by atoms with Gasteiger partial charge >= 0.3 is 0 Å². The fraction of sp³-hybridized carbons (Fsp3) is 0.250. The van der Waals surface area contributed by atoms with E-state index in [0.717, 1.165) is 16.5 Å². The van der Waals surface area contributed by atoms with Crippen LogP contribution in [0.25, 0.3) is 5.57 Å². The molecule has 1 aromatic carbocycles. The predicted molar refractivity (Wildman–Crippen MR) is 61.1 cm³/mol. The van der Waals surface area contributed by atoms with E-state index in [2.05, 4.69) is 28.1 Å². The Morgan fingerprint density at radius 2 is 2.07 bits per heavy atom. The Hall–Kier alpha value is -0.890. The Balaban J connectivity index is 2.56. The zero-order valence-electron chi connectivity index (χ0n) is 8.01. The molecule has 1 aromatic rings. The molecule has 0 radical (unpaired) electrons. The predicted octanol–water partition coefficient (Wildman–Crippen LogP) is 3.37. The lowest BCUT2D eigenvalue weighted by Gasteiger charge is -2.06. The van der Waals surface area contributed by atoms with E-state index in [1.165, 1.54) is 11.1 Å². The molecule has 0 aliphatic heterocycles. The molecule has 2 rings (SSSR count). The topological polar surface area (TPSA) is 17.1 Å². The highest BCUT2D eigenvalue weighted by Gasteiger charge is 2.12. The van der Waals surface area contributed by atoms with Crippen molar-refractivity contribution < 1.29 is 4.79 Å². The number of fused-ring (bicyclic) bond motifs is 1. The van der Waals surface area contributed by atoms with Gasteiger partial charge in [-0.05, 0) is 48.3 Å². The monoisotopic (exact) mass is 250 g/mol. The van der Waals surface area contributed by atoms with Crippen molar-refractivity contribution in [3.63, 3.8) is 0 Å². The molecule has 2 heteroatoms. The molecule has 0 saturated carbocycles. The Morgan fingerprint density at radius 3 is 2.86 bits per heavy atom. The van der Waals surface area contributed by atoms with Crippen molar-refractivity contribution in [2.75, 3.05) is 0 Å². The van der Waals surface area contributed by atoms with Crippen molar-refractivity contribution in [3.05, 3.63) is 39.9 Å². The van der Waals surface area contributed by atoms with Gasteiger partial charge in [0.15, 0.2) is 5.78 Å². The second-order valence-electron chi connectivity index (χ2n) is 3.60. The molecule has 0 heterocycles. The first-order chi connectivity index (χ1) is 6.66. The van der Waals surface area contributed by atoms with Gasteiger partial charge < -0.3 is 0 Å². The molecular weight excluding hydrogens is 240 g/mol. The van der Waals surface area contributed by atoms with Gasteiger partial charge in [-0.25, -0.2) is 0 Å². The molecule has 0 saturated heterocycles. The third-order valence-corrected chi connectivity index (χ3v) is 3.01. The van der Waals surface area contributed by atoms with Crippen LogP contribution in [-0.4, -0.2) is 5.78 Å². The molecule has 0 atom stereocenters. The summed E-state index contributed by atoms with van der Waals surface area (Å²) in [6.45, 7) is 1.99. The molecule has 0 bridgehead atoms. The highest BCUT2D eigenvalue weighted by molar-refractivity contribution is 9.10. The first-order valence-corrected chi connectivity index (χ1v) is 5.46. The number of hydrogen-bond acceptors (Lipinski definition) is 1. The zero-order valence-corrected chi connectivity index (χ0v) is 9.60. The van der Waals surface area contributed by atoms with E-state index < -0.39 is 0 Å². The molecule has 72 valence electrons. The van der Waals surface area contributed by atoms with Gasteiger partial charge in [0.1, 0.15) is 0 Å². The first kappa shape index (κ1) is 9.66. The molecule has 0 spiro atoms. The van der Waals surface area contributed by atoms with E-state index in [0.29, 0.717) is 6.42 Å². The van der Waals surface area contributed by atoms with Crippen LogP contribution in [0.3, 0.4) is 0 Å². The average molecular weight is 251 g/mol. The van der Waals surface area contributed by atoms with Crippen LogP contribution in [0.2, 0.25) is 0 Å². The van der Waals surface area contributed by atoms with E-state index in [1.807, 2.05) is 13.0 Å². The number of benzene rings is 1. The third kappa shape index (κ3) is 1.80. The lowest BCUT2D eigenvalue weighted by molar-refractivity contribution is -0.114. The largest absolute Gasteiger partial charge is 0.295 e. The van der Waals surface area contributed by atoms with E-state index >= 15 is 0 Å². The summed E-state index contributed by atoms with van der Waals surface area (Å²) >= 11 is 3.45. The fourth-order valence-electron chi connectivity index (χ4n) is 1.78. The number of carbonyl (C=O) groups is 1. The number of halogens is 1. The molecule has 1 aliphatic rings. The standard InChI is InChI=1S/C12H11BrO/c1-8-6-11(14)5-3-9-2-4-10(13)7-12(8)9/h2,4,6-7H,3,5H2,1H3. The molecule has 0 fully saturated rings. The summed E-state index contributed by atoms with van der Waals surface area (Å²) in [5.41, 5.74) is 3.54. The SMILES string of the molecule is CC1=CC(=O)CCc2ccc(Br)cc21. The number of allylic oxidation sites excluding steroid dienone is 2. The summed E-state index contributed by atoms with van der Waals surface area (Å²) in [6.07, 6.45) is 3.24. The van der Waals surface area contributed by atoms with Crippen molar-refractivity contribution >= 4 is 27.3 Å². The molecule has 0 N–H and O–H groups in total. The van der Waals surface area contributed by atoms with Crippen molar-refractivity contribution in [3.8, 4) is 0 Å². The van der Waals surface area contributed by atoms with Gasteiger partial charge in [0.05, 0.1) is 0 Å². The maximum Gasteiger partial charge on any atom is 0.156 e. The maximum absolute atomic E-state index is 11.4. The van der Waals surface area contributed by atoms with Crippen molar-refractivity contribution in [1.29, 1.82) is 0 Å². The van der Waals surface area contributed by atoms with E-state index in [9.17, 15) is 4.79 Å². The number of aryl methyl sites for hydroxylation is 1. The van der Waals surface area contributed by atoms with Gasteiger partial charge in [0, 0.05) is 10.9 Å². The summed E-state index contributed by atoms with van der Waals surface area (Å²) in [4.78, 5) is 11.4. The summed E-state index contributed by atoms with van der Waals surface area (Å²) in [6, 6.07) is 6.21. The zero-order chi connectivity index (χ0) is 10.1. The van der Waals surface area contributed by atoms with Crippen LogP contribution in [0.5, 0.6) is 0 Å². The van der Waals surface area contributed by atoms with Crippen LogP contribution >= 0.6 is 15.9 Å². The second-order valence-corrected chi connectivity index (χ2v) is 4.51. The average Bonchev–Trinajstić information content (AvgIpc) is 2.27. The van der Waals surface area contributed by atoms with Crippen LogP contribution in [0.15, 0.2) is 28.7 Å². The van der Waals surface area contributed by atoms with E-state index in [1.54, 1.807) is 6.08 Å². The summed E-state index contributed by atoms with van der Waals surface area (Å²) < 4.78 is 1.07. The number of rotatable bonds is 0. The molecule has 1 aliphatic carbocycles. The second kappa shape index (κ2) is 3.70. The Kier molecular flexibility index (Phi) is 2.55. The highest BCUT2D eigenvalue weighted by atomic mass is 79.9. The molecule has 1 nitrogen and oxygen atoms in total. The summed E-state index contributed by atoms with van der Waals surface area (Å²) in [5.74, 6) is 0.231. The number of hydrogen-bond donors (Lipinski definition) is 0. The quantitative estimate of drug-likeness (QED) is 0.690. The maximum atomic E-state index is 11.4. The molecule has 0 amide bonds. The van der Waals surface area contributed by atoms with Gasteiger partial charge in [-0.3, -0.25) is 4.79 Å². The minimum atomic E-state index is 0.231. The minimum absolute atomic E-state index is 0.231. The van der Waals surface area contributed by atoms with E-state index in [4.69, 9.17) is 0 Å². The van der Waals surface area contributed by atoms with Crippen LogP contribution in [0.1, 0.15) is 24.5 Å². The smallest absolute Gasteiger partial charge is 0.156 e. The minimum Gasteiger partial charge on any atom is -0.295 e. The van der Waals surface area contributed by atoms with Crippen LogP contribution in [0, 0.1) is 0 Å². The normalized spacial score (nSPS) is 15.9. The van der Waals surface area contributed by atoms with Crippen LogP contribution in [0.4, 0.5) is 0 Å². The third-order valence-electron chi connectivity index (χ3n) is 2.51. The van der Waals surface area contributed by atoms with Gasteiger partial charge in [-0.15, -0.1) is 0 Å². The lowest BCUT2D eigenvalue weighted by atomic mass is 10.0. The van der Waals surface area contributed by atoms with Crippen molar-refractivity contribution in [2.24, 2.45) is 0 Å². The molecule has 0 unspecified atom stereocenters. The molecule has 0 aromatic heterocycles. The summed E-state index contributed by atoms with van der Waals surface area (Å²) in [7, 11) is 0.